The Kier molecular flexibility index (Phi) is 7.12. The van der Waals surface area contributed by atoms with Gasteiger partial charge in [-0.25, -0.2) is 9.78 Å². The molecule has 3 aromatic rings. The zero-order valence-electron chi connectivity index (χ0n) is 20.9. The summed E-state index contributed by atoms with van der Waals surface area (Å²) in [5.41, 5.74) is 0.140. The number of amides is 1. The van der Waals surface area contributed by atoms with E-state index in [1.165, 1.54) is 22.3 Å². The number of rotatable bonds is 7. The molecule has 8 nitrogen and oxygen atoms in total. The molecule has 0 spiro atoms. The third kappa shape index (κ3) is 5.17. The Morgan fingerprint density at radius 1 is 1.11 bits per heavy atom. The van der Waals surface area contributed by atoms with Gasteiger partial charge in [0.15, 0.2) is 0 Å². The van der Waals surface area contributed by atoms with Crippen LogP contribution in [-0.4, -0.2) is 62.3 Å². The van der Waals surface area contributed by atoms with Crippen LogP contribution in [0.1, 0.15) is 52.4 Å². The number of ether oxygens (including phenoxy) is 1. The summed E-state index contributed by atoms with van der Waals surface area (Å²) in [5, 5.41) is 10.4. The molecule has 0 aliphatic carbocycles. The third-order valence-electron chi connectivity index (χ3n) is 6.45. The highest BCUT2D eigenvalue weighted by atomic mass is 16.5. The van der Waals surface area contributed by atoms with Gasteiger partial charge in [0, 0.05) is 12.1 Å². The average Bonchev–Trinajstić information content (AvgIpc) is 3.32. The second kappa shape index (κ2) is 10.1. The lowest BCUT2D eigenvalue weighted by Gasteiger charge is -2.38. The van der Waals surface area contributed by atoms with Crippen molar-refractivity contribution in [3.63, 3.8) is 0 Å². The first kappa shape index (κ1) is 24.7. The standard InChI is InChI=1S/C27H34N4O4/c1-19(31(26(33)34)27(2,3)4)24-28-21-13-10-14-22(35-18-17-29-15-8-9-16-29)23(21)25(32)30(24)20-11-6-5-7-12-20/h5-7,10-14,19H,8-9,15-18H2,1-4H3,(H,33,34)/t19-/m0/s1. The molecule has 1 aliphatic heterocycles. The molecular formula is C27H34N4O4. The molecule has 2 aromatic carbocycles. The number of carbonyl (C=O) groups is 1. The molecule has 0 radical (unpaired) electrons. The second-order valence-electron chi connectivity index (χ2n) is 9.99. The normalized spacial score (nSPS) is 15.3. The summed E-state index contributed by atoms with van der Waals surface area (Å²) >= 11 is 0. The highest BCUT2D eigenvalue weighted by Gasteiger charge is 2.34. The molecule has 1 fully saturated rings. The number of hydrogen-bond acceptors (Lipinski definition) is 5. The number of carboxylic acid groups (broad SMARTS) is 1. The first-order chi connectivity index (χ1) is 16.7. The van der Waals surface area contributed by atoms with Crippen molar-refractivity contribution in [2.75, 3.05) is 26.2 Å². The van der Waals surface area contributed by atoms with Crippen molar-refractivity contribution in [2.45, 2.75) is 52.1 Å². The van der Waals surface area contributed by atoms with Crippen LogP contribution >= 0.6 is 0 Å². The average molecular weight is 479 g/mol. The molecule has 1 amide bonds. The summed E-state index contributed by atoms with van der Waals surface area (Å²) in [6, 6.07) is 13.9. The van der Waals surface area contributed by atoms with E-state index in [0.717, 1.165) is 19.6 Å². The molecule has 2 heterocycles. The third-order valence-corrected chi connectivity index (χ3v) is 6.45. The van der Waals surface area contributed by atoms with Crippen LogP contribution in [0.15, 0.2) is 53.3 Å². The van der Waals surface area contributed by atoms with E-state index in [4.69, 9.17) is 9.72 Å². The van der Waals surface area contributed by atoms with Gasteiger partial charge in [-0.05, 0) is 77.9 Å². The first-order valence-corrected chi connectivity index (χ1v) is 12.2. The SMILES string of the molecule is C[C@@H](c1nc2cccc(OCCN3CCCC3)c2c(=O)n1-c1ccccc1)N(C(=O)O)C(C)(C)C. The molecule has 1 saturated heterocycles. The monoisotopic (exact) mass is 478 g/mol. The van der Waals surface area contributed by atoms with Gasteiger partial charge < -0.3 is 9.84 Å². The summed E-state index contributed by atoms with van der Waals surface area (Å²) in [7, 11) is 0. The smallest absolute Gasteiger partial charge is 0.408 e. The van der Waals surface area contributed by atoms with Crippen molar-refractivity contribution < 1.29 is 14.6 Å². The molecule has 0 bridgehead atoms. The second-order valence-corrected chi connectivity index (χ2v) is 9.99. The molecule has 0 unspecified atom stereocenters. The number of benzene rings is 2. The topological polar surface area (TPSA) is 87.9 Å². The molecule has 0 saturated carbocycles. The zero-order chi connectivity index (χ0) is 25.2. The van der Waals surface area contributed by atoms with Crippen molar-refractivity contribution in [3.8, 4) is 11.4 Å². The highest BCUT2D eigenvalue weighted by molar-refractivity contribution is 5.84. The van der Waals surface area contributed by atoms with E-state index in [0.29, 0.717) is 34.8 Å². The van der Waals surface area contributed by atoms with Gasteiger partial charge in [-0.15, -0.1) is 0 Å². The number of likely N-dealkylation sites (tertiary alicyclic amines) is 1. The van der Waals surface area contributed by atoms with E-state index in [1.807, 2.05) is 57.2 Å². The number of aromatic nitrogens is 2. The number of fused-ring (bicyclic) bond motifs is 1. The number of hydrogen-bond donors (Lipinski definition) is 1. The first-order valence-electron chi connectivity index (χ1n) is 12.2. The van der Waals surface area contributed by atoms with E-state index < -0.39 is 17.7 Å². The molecule has 8 heteroatoms. The van der Waals surface area contributed by atoms with Crippen LogP contribution in [0.5, 0.6) is 5.75 Å². The van der Waals surface area contributed by atoms with Gasteiger partial charge in [0.05, 0.1) is 17.2 Å². The Hall–Kier alpha value is -3.39. The Bertz CT molecular complexity index is 1240. The minimum Gasteiger partial charge on any atom is -0.491 e. The maximum absolute atomic E-state index is 14.0. The van der Waals surface area contributed by atoms with Gasteiger partial charge in [0.1, 0.15) is 23.6 Å². The molecule has 35 heavy (non-hydrogen) atoms. The van der Waals surface area contributed by atoms with Crippen molar-refractivity contribution in [2.24, 2.45) is 0 Å². The summed E-state index contributed by atoms with van der Waals surface area (Å²) < 4.78 is 7.61. The maximum Gasteiger partial charge on any atom is 0.408 e. The Labute approximate surface area is 205 Å². The van der Waals surface area contributed by atoms with Crippen LogP contribution in [0.25, 0.3) is 16.6 Å². The van der Waals surface area contributed by atoms with E-state index in [9.17, 15) is 14.7 Å². The lowest BCUT2D eigenvalue weighted by Crippen LogP contribution is -2.47. The van der Waals surface area contributed by atoms with Crippen molar-refractivity contribution >= 4 is 17.0 Å². The van der Waals surface area contributed by atoms with Crippen LogP contribution in [-0.2, 0) is 0 Å². The van der Waals surface area contributed by atoms with Crippen LogP contribution in [0.3, 0.4) is 0 Å². The van der Waals surface area contributed by atoms with E-state index in [1.54, 1.807) is 19.1 Å². The summed E-state index contributed by atoms with van der Waals surface area (Å²) in [6.07, 6.45) is 1.35. The van der Waals surface area contributed by atoms with Gasteiger partial charge in [0.25, 0.3) is 5.56 Å². The largest absolute Gasteiger partial charge is 0.491 e. The Morgan fingerprint density at radius 3 is 2.43 bits per heavy atom. The Balaban J connectivity index is 1.84. The molecule has 1 atom stereocenters. The lowest BCUT2D eigenvalue weighted by molar-refractivity contribution is 0.0719. The van der Waals surface area contributed by atoms with Crippen molar-refractivity contribution in [3.05, 3.63) is 64.7 Å². The molecule has 1 aliphatic rings. The van der Waals surface area contributed by atoms with Crippen molar-refractivity contribution in [1.82, 2.24) is 19.4 Å². The summed E-state index contributed by atoms with van der Waals surface area (Å²) in [6.45, 7) is 10.7. The minimum atomic E-state index is -1.07. The predicted octanol–water partition coefficient (Wildman–Crippen LogP) is 4.70. The molecule has 4 rings (SSSR count). The zero-order valence-corrected chi connectivity index (χ0v) is 20.9. The molecule has 1 N–H and O–H groups in total. The van der Waals surface area contributed by atoms with E-state index in [-0.39, 0.29) is 5.56 Å². The van der Waals surface area contributed by atoms with E-state index in [2.05, 4.69) is 4.90 Å². The van der Waals surface area contributed by atoms with Crippen LogP contribution in [0, 0.1) is 0 Å². The van der Waals surface area contributed by atoms with Gasteiger partial charge in [-0.1, -0.05) is 24.3 Å². The van der Waals surface area contributed by atoms with Gasteiger partial charge >= 0.3 is 6.09 Å². The van der Waals surface area contributed by atoms with Gasteiger partial charge in [-0.3, -0.25) is 19.2 Å². The quantitative estimate of drug-likeness (QED) is 0.530. The fourth-order valence-corrected chi connectivity index (χ4v) is 4.88. The number of nitrogens with zero attached hydrogens (tertiary/aromatic N) is 4. The maximum atomic E-state index is 14.0. The Morgan fingerprint density at radius 2 is 1.80 bits per heavy atom. The van der Waals surface area contributed by atoms with Gasteiger partial charge in [0.2, 0.25) is 0 Å². The minimum absolute atomic E-state index is 0.279. The highest BCUT2D eigenvalue weighted by Crippen LogP contribution is 2.30. The van der Waals surface area contributed by atoms with Crippen LogP contribution < -0.4 is 10.3 Å². The number of para-hydroxylation sites is 1. The fraction of sp³-hybridized carbons (Fsp3) is 0.444. The summed E-state index contributed by atoms with van der Waals surface area (Å²) in [4.78, 5) is 34.8. The lowest BCUT2D eigenvalue weighted by atomic mass is 10.0. The van der Waals surface area contributed by atoms with Crippen molar-refractivity contribution in [1.29, 1.82) is 0 Å². The molecule has 1 aromatic heterocycles. The van der Waals surface area contributed by atoms with E-state index >= 15 is 0 Å². The fourth-order valence-electron chi connectivity index (χ4n) is 4.88. The van der Waals surface area contributed by atoms with Gasteiger partial charge in [-0.2, -0.15) is 0 Å². The van der Waals surface area contributed by atoms with Crippen LogP contribution in [0.2, 0.25) is 0 Å². The molecular weight excluding hydrogens is 444 g/mol. The summed E-state index contributed by atoms with van der Waals surface area (Å²) in [5.74, 6) is 0.856. The molecule has 186 valence electrons. The van der Waals surface area contributed by atoms with Crippen LogP contribution in [0.4, 0.5) is 4.79 Å². The predicted molar refractivity (Wildman–Crippen MR) is 137 cm³/mol.